The molecule has 0 radical (unpaired) electrons. The third-order valence-corrected chi connectivity index (χ3v) is 4.63. The zero-order chi connectivity index (χ0) is 20.3. The molecule has 0 aliphatic carbocycles. The maximum atomic E-state index is 12.3. The molecule has 28 heavy (non-hydrogen) atoms. The first-order chi connectivity index (χ1) is 13.4. The van der Waals surface area contributed by atoms with Gasteiger partial charge in [-0.25, -0.2) is 9.78 Å². The number of carboxylic acids is 1. The van der Waals surface area contributed by atoms with Crippen LogP contribution in [0.3, 0.4) is 0 Å². The third-order valence-electron chi connectivity index (χ3n) is 4.63. The average molecular weight is 379 g/mol. The minimum Gasteiger partial charge on any atom is -0.479 e. The van der Waals surface area contributed by atoms with Gasteiger partial charge in [0.2, 0.25) is 5.91 Å². The summed E-state index contributed by atoms with van der Waals surface area (Å²) in [5.74, 6) is -1.45. The van der Waals surface area contributed by atoms with Gasteiger partial charge in [-0.1, -0.05) is 36.4 Å². The number of benzene rings is 2. The summed E-state index contributed by atoms with van der Waals surface area (Å²) in [6.07, 6.45) is 0.583. The van der Waals surface area contributed by atoms with Crippen LogP contribution in [0.4, 0.5) is 0 Å². The van der Waals surface area contributed by atoms with E-state index in [0.29, 0.717) is 23.2 Å². The number of hydrogen-bond donors (Lipinski definition) is 2. The van der Waals surface area contributed by atoms with Crippen molar-refractivity contribution in [2.75, 3.05) is 0 Å². The zero-order valence-corrected chi connectivity index (χ0v) is 15.7. The van der Waals surface area contributed by atoms with Crippen LogP contribution in [0.2, 0.25) is 0 Å². The van der Waals surface area contributed by atoms with Gasteiger partial charge in [0.25, 0.3) is 5.56 Å². The van der Waals surface area contributed by atoms with Gasteiger partial charge in [0.15, 0.2) is 6.04 Å². The van der Waals surface area contributed by atoms with Crippen molar-refractivity contribution >= 4 is 22.9 Å². The molecule has 144 valence electrons. The smallest absolute Gasteiger partial charge is 0.330 e. The highest BCUT2D eigenvalue weighted by Gasteiger charge is 2.21. The van der Waals surface area contributed by atoms with E-state index in [1.54, 1.807) is 54.9 Å². The van der Waals surface area contributed by atoms with E-state index in [1.165, 1.54) is 0 Å². The molecular formula is C21H21N3O4. The number of carboxylic acid groups (broad SMARTS) is 1. The molecule has 7 heteroatoms. The largest absolute Gasteiger partial charge is 0.479 e. The first-order valence-corrected chi connectivity index (χ1v) is 8.90. The van der Waals surface area contributed by atoms with Crippen LogP contribution >= 0.6 is 0 Å². The Balaban J connectivity index is 1.71. The van der Waals surface area contributed by atoms with Gasteiger partial charge in [0.1, 0.15) is 5.69 Å². The molecule has 1 amide bonds. The molecule has 1 heterocycles. The number of carbonyl (C=O) groups is 2. The predicted octanol–water partition coefficient (Wildman–Crippen LogP) is 2.12. The number of nitrogens with one attached hydrogen (secondary N) is 1. The maximum absolute atomic E-state index is 12.3. The maximum Gasteiger partial charge on any atom is 0.330 e. The molecule has 7 nitrogen and oxygen atoms in total. The number of hydrogen-bond acceptors (Lipinski definition) is 4. The van der Waals surface area contributed by atoms with Crippen LogP contribution in [0.25, 0.3) is 11.0 Å². The number of aromatic nitrogens is 2. The van der Waals surface area contributed by atoms with Crippen LogP contribution in [0.5, 0.6) is 0 Å². The summed E-state index contributed by atoms with van der Waals surface area (Å²) in [6, 6.07) is 13.0. The number of fused-ring (bicyclic) bond motifs is 1. The van der Waals surface area contributed by atoms with Crippen molar-refractivity contribution in [3.8, 4) is 0 Å². The lowest BCUT2D eigenvalue weighted by molar-refractivity contribution is -0.142. The van der Waals surface area contributed by atoms with Gasteiger partial charge in [-0.15, -0.1) is 0 Å². The van der Waals surface area contributed by atoms with E-state index in [9.17, 15) is 19.5 Å². The Hall–Kier alpha value is -3.48. The number of carbonyl (C=O) groups excluding carboxylic acids is 1. The lowest BCUT2D eigenvalue weighted by Gasteiger charge is -2.15. The second-order valence-corrected chi connectivity index (χ2v) is 6.63. The molecule has 0 spiro atoms. The summed E-state index contributed by atoms with van der Waals surface area (Å²) in [7, 11) is 1.70. The van der Waals surface area contributed by atoms with E-state index < -0.39 is 12.0 Å². The number of aliphatic carboxylic acids is 1. The quantitative estimate of drug-likeness (QED) is 0.683. The normalized spacial score (nSPS) is 11.9. The Bertz CT molecular complexity index is 1090. The van der Waals surface area contributed by atoms with Crippen LogP contribution in [0.1, 0.15) is 29.3 Å². The Morgan fingerprint density at radius 2 is 1.89 bits per heavy atom. The van der Waals surface area contributed by atoms with Crippen molar-refractivity contribution in [1.82, 2.24) is 14.9 Å². The first kappa shape index (κ1) is 19.3. The molecule has 0 fully saturated rings. The summed E-state index contributed by atoms with van der Waals surface area (Å²) in [5.41, 5.74) is 3.09. The molecule has 0 saturated carbocycles. The van der Waals surface area contributed by atoms with Crippen molar-refractivity contribution in [3.63, 3.8) is 0 Å². The van der Waals surface area contributed by atoms with E-state index in [2.05, 4.69) is 10.3 Å². The summed E-state index contributed by atoms with van der Waals surface area (Å²) >= 11 is 0. The molecule has 1 atom stereocenters. The zero-order valence-electron chi connectivity index (χ0n) is 15.7. The fourth-order valence-corrected chi connectivity index (χ4v) is 3.10. The van der Waals surface area contributed by atoms with Gasteiger partial charge in [-0.2, -0.15) is 0 Å². The highest BCUT2D eigenvalue weighted by molar-refractivity contribution is 5.84. The summed E-state index contributed by atoms with van der Waals surface area (Å²) in [4.78, 5) is 40.1. The summed E-state index contributed by atoms with van der Waals surface area (Å²) < 4.78 is 1.55. The molecule has 3 aromatic rings. The summed E-state index contributed by atoms with van der Waals surface area (Å²) in [5, 5.41) is 12.0. The van der Waals surface area contributed by atoms with Gasteiger partial charge in [-0.05, 0) is 36.6 Å². The monoisotopic (exact) mass is 379 g/mol. The van der Waals surface area contributed by atoms with E-state index in [0.717, 1.165) is 11.1 Å². The number of aryl methyl sites for hydroxylation is 3. The van der Waals surface area contributed by atoms with E-state index >= 15 is 0 Å². The second-order valence-electron chi connectivity index (χ2n) is 6.63. The van der Waals surface area contributed by atoms with Crippen LogP contribution in [0, 0.1) is 6.92 Å². The van der Waals surface area contributed by atoms with Crippen molar-refractivity contribution in [2.45, 2.75) is 25.8 Å². The molecule has 0 aliphatic rings. The molecule has 0 bridgehead atoms. The Morgan fingerprint density at radius 1 is 1.18 bits per heavy atom. The highest BCUT2D eigenvalue weighted by atomic mass is 16.4. The molecular weight excluding hydrogens is 358 g/mol. The number of rotatable bonds is 6. The average Bonchev–Trinajstić information content (AvgIpc) is 2.69. The van der Waals surface area contributed by atoms with Gasteiger partial charge in [-0.3, -0.25) is 9.59 Å². The van der Waals surface area contributed by atoms with Gasteiger partial charge < -0.3 is 15.0 Å². The number of nitrogens with zero attached hydrogens (tertiary/aromatic N) is 2. The molecule has 0 unspecified atom stereocenters. The van der Waals surface area contributed by atoms with Crippen molar-refractivity contribution < 1.29 is 14.7 Å². The Kier molecular flexibility index (Phi) is 5.54. The molecule has 2 N–H and O–H groups in total. The van der Waals surface area contributed by atoms with E-state index in [1.807, 2.05) is 12.1 Å². The van der Waals surface area contributed by atoms with Crippen LogP contribution in [0.15, 0.2) is 53.3 Å². The standard InChI is InChI=1S/C21H21N3O4/c1-13-20(26)24(2)17-10-8-14(12-16(17)22-13)9-11-18(25)23-19(21(27)28)15-6-4-3-5-7-15/h3-8,10,12,19H,9,11H2,1-2H3,(H,23,25)(H,27,28)/t19-/m0/s1. The van der Waals surface area contributed by atoms with Crippen molar-refractivity contribution in [2.24, 2.45) is 7.05 Å². The van der Waals surface area contributed by atoms with Crippen molar-refractivity contribution in [3.05, 3.63) is 75.7 Å². The second kappa shape index (κ2) is 8.04. The number of amides is 1. The fraction of sp³-hybridized carbons (Fsp3) is 0.238. The molecule has 0 aliphatic heterocycles. The molecule has 1 aromatic heterocycles. The third kappa shape index (κ3) is 4.09. The van der Waals surface area contributed by atoms with Crippen LogP contribution in [-0.2, 0) is 23.1 Å². The van der Waals surface area contributed by atoms with Crippen LogP contribution in [-0.4, -0.2) is 26.5 Å². The van der Waals surface area contributed by atoms with E-state index in [-0.39, 0.29) is 17.9 Å². The lowest BCUT2D eigenvalue weighted by atomic mass is 10.1. The molecule has 3 rings (SSSR count). The minimum atomic E-state index is -1.11. The van der Waals surface area contributed by atoms with Crippen molar-refractivity contribution in [1.29, 1.82) is 0 Å². The van der Waals surface area contributed by atoms with Gasteiger partial charge >= 0.3 is 5.97 Å². The topological polar surface area (TPSA) is 101 Å². The van der Waals surface area contributed by atoms with Gasteiger partial charge in [0.05, 0.1) is 11.0 Å². The predicted molar refractivity (Wildman–Crippen MR) is 105 cm³/mol. The molecule has 0 saturated heterocycles. The van der Waals surface area contributed by atoms with Crippen LogP contribution < -0.4 is 10.9 Å². The highest BCUT2D eigenvalue weighted by Crippen LogP contribution is 2.16. The Labute approximate surface area is 161 Å². The first-order valence-electron chi connectivity index (χ1n) is 8.90. The summed E-state index contributed by atoms with van der Waals surface area (Å²) in [6.45, 7) is 1.66. The molecule has 2 aromatic carbocycles. The van der Waals surface area contributed by atoms with Gasteiger partial charge in [0, 0.05) is 13.5 Å². The minimum absolute atomic E-state index is 0.139. The Morgan fingerprint density at radius 3 is 2.57 bits per heavy atom. The SMILES string of the molecule is Cc1nc2cc(CCC(=O)N[C@H](C(=O)O)c3ccccc3)ccc2n(C)c1=O. The van der Waals surface area contributed by atoms with E-state index in [4.69, 9.17) is 0 Å². The fourth-order valence-electron chi connectivity index (χ4n) is 3.10. The lowest BCUT2D eigenvalue weighted by Crippen LogP contribution is -2.33.